The number of hydrogen-bond donors (Lipinski definition) is 1. The summed E-state index contributed by atoms with van der Waals surface area (Å²) in [5.41, 5.74) is 7.44. The maximum atomic E-state index is 5.93. The Morgan fingerprint density at radius 2 is 1.79 bits per heavy atom. The van der Waals surface area contributed by atoms with Gasteiger partial charge in [0.1, 0.15) is 5.75 Å². The zero-order chi connectivity index (χ0) is 13.1. The van der Waals surface area contributed by atoms with E-state index in [-0.39, 0.29) is 0 Å². The highest BCUT2D eigenvalue weighted by atomic mass is 16.5. The molecule has 0 saturated heterocycles. The molecule has 1 aliphatic rings. The van der Waals surface area contributed by atoms with E-state index in [1.54, 1.807) is 6.20 Å². The molecule has 98 valence electrons. The maximum Gasteiger partial charge on any atom is 0.220 e. The maximum absolute atomic E-state index is 5.93. The molecule has 19 heavy (non-hydrogen) atoms. The van der Waals surface area contributed by atoms with Gasteiger partial charge in [0.15, 0.2) is 0 Å². The fourth-order valence-electron chi connectivity index (χ4n) is 2.44. The third-order valence-corrected chi connectivity index (χ3v) is 3.43. The molecule has 3 rings (SSSR count). The molecule has 0 spiro atoms. The summed E-state index contributed by atoms with van der Waals surface area (Å²) in [7, 11) is 0. The quantitative estimate of drug-likeness (QED) is 0.915. The van der Waals surface area contributed by atoms with Crippen LogP contribution in [0.3, 0.4) is 0 Å². The molecule has 2 aromatic rings. The largest absolute Gasteiger partial charge is 0.490 e. The number of rotatable bonds is 3. The van der Waals surface area contributed by atoms with Crippen LogP contribution in [0, 0.1) is 0 Å². The number of anilines is 1. The minimum absolute atomic E-state index is 0.295. The summed E-state index contributed by atoms with van der Waals surface area (Å²) in [5.74, 6) is 1.22. The highest BCUT2D eigenvalue weighted by molar-refractivity contribution is 5.60. The second-order valence-electron chi connectivity index (χ2n) is 4.85. The topological polar surface area (TPSA) is 61.0 Å². The summed E-state index contributed by atoms with van der Waals surface area (Å²) in [5, 5.41) is 0. The van der Waals surface area contributed by atoms with Gasteiger partial charge < -0.3 is 10.5 Å². The molecule has 1 aromatic carbocycles. The van der Waals surface area contributed by atoms with Crippen LogP contribution in [0.25, 0.3) is 11.3 Å². The number of nitrogens with zero attached hydrogens (tertiary/aromatic N) is 2. The number of benzene rings is 1. The molecule has 0 atom stereocenters. The lowest BCUT2D eigenvalue weighted by Crippen LogP contribution is -2.10. The van der Waals surface area contributed by atoms with Gasteiger partial charge in [-0.15, -0.1) is 0 Å². The van der Waals surface area contributed by atoms with Crippen molar-refractivity contribution in [3.8, 4) is 17.0 Å². The molecule has 1 fully saturated rings. The van der Waals surface area contributed by atoms with E-state index in [0.717, 1.165) is 17.0 Å². The van der Waals surface area contributed by atoms with E-state index in [2.05, 4.69) is 9.97 Å². The SMILES string of the molecule is Nc1nccc(-c2ccc(OC3CCCC3)cc2)n1. The van der Waals surface area contributed by atoms with Crippen LogP contribution >= 0.6 is 0 Å². The van der Waals surface area contributed by atoms with Gasteiger partial charge in [0.25, 0.3) is 0 Å². The summed E-state index contributed by atoms with van der Waals surface area (Å²) in [6, 6.07) is 9.85. The third-order valence-electron chi connectivity index (χ3n) is 3.43. The second-order valence-corrected chi connectivity index (χ2v) is 4.85. The normalized spacial score (nSPS) is 15.6. The highest BCUT2D eigenvalue weighted by Crippen LogP contribution is 2.26. The molecular weight excluding hydrogens is 238 g/mol. The van der Waals surface area contributed by atoms with Gasteiger partial charge in [-0.25, -0.2) is 9.97 Å². The van der Waals surface area contributed by atoms with Gasteiger partial charge in [0.2, 0.25) is 5.95 Å². The van der Waals surface area contributed by atoms with Crippen LogP contribution in [0.2, 0.25) is 0 Å². The van der Waals surface area contributed by atoms with Gasteiger partial charge >= 0.3 is 0 Å². The Hall–Kier alpha value is -2.10. The van der Waals surface area contributed by atoms with Crippen molar-refractivity contribution in [3.05, 3.63) is 36.5 Å². The Labute approximate surface area is 112 Å². The Kier molecular flexibility index (Phi) is 3.31. The monoisotopic (exact) mass is 255 g/mol. The zero-order valence-electron chi connectivity index (χ0n) is 10.7. The van der Waals surface area contributed by atoms with Gasteiger partial charge in [-0.3, -0.25) is 0 Å². The Balaban J connectivity index is 1.74. The average Bonchev–Trinajstić information content (AvgIpc) is 2.92. The van der Waals surface area contributed by atoms with Gasteiger partial charge in [0.05, 0.1) is 11.8 Å². The van der Waals surface area contributed by atoms with E-state index in [0.29, 0.717) is 12.1 Å². The standard InChI is InChI=1S/C15H17N3O/c16-15-17-10-9-14(18-15)11-5-7-13(8-6-11)19-12-3-1-2-4-12/h5-10,12H,1-4H2,(H2,16,17,18). The third kappa shape index (κ3) is 2.84. The molecule has 4 heteroatoms. The lowest BCUT2D eigenvalue weighted by molar-refractivity contribution is 0.210. The number of nitrogen functional groups attached to an aromatic ring is 1. The lowest BCUT2D eigenvalue weighted by atomic mass is 10.1. The van der Waals surface area contributed by atoms with Crippen LogP contribution in [0.5, 0.6) is 5.75 Å². The first-order valence-corrected chi connectivity index (χ1v) is 6.67. The first-order chi connectivity index (χ1) is 9.31. The highest BCUT2D eigenvalue weighted by Gasteiger charge is 2.16. The van der Waals surface area contributed by atoms with Crippen molar-refractivity contribution in [1.82, 2.24) is 9.97 Å². The molecule has 1 saturated carbocycles. The van der Waals surface area contributed by atoms with Crippen molar-refractivity contribution in [2.24, 2.45) is 0 Å². The van der Waals surface area contributed by atoms with Crippen molar-refractivity contribution < 1.29 is 4.74 Å². The summed E-state index contributed by atoms with van der Waals surface area (Å²) >= 11 is 0. The van der Waals surface area contributed by atoms with E-state index >= 15 is 0 Å². The summed E-state index contributed by atoms with van der Waals surface area (Å²) in [6.07, 6.45) is 6.96. The fraction of sp³-hybridized carbons (Fsp3) is 0.333. The van der Waals surface area contributed by atoms with Gasteiger partial charge in [0, 0.05) is 11.8 Å². The Bertz CT molecular complexity index is 548. The number of nitrogens with two attached hydrogens (primary N) is 1. The fourth-order valence-corrected chi connectivity index (χ4v) is 2.44. The first kappa shape index (κ1) is 12.0. The van der Waals surface area contributed by atoms with Crippen LogP contribution in [-0.4, -0.2) is 16.1 Å². The van der Waals surface area contributed by atoms with Crippen LogP contribution in [-0.2, 0) is 0 Å². The molecule has 0 radical (unpaired) electrons. The van der Waals surface area contributed by atoms with E-state index in [1.165, 1.54) is 25.7 Å². The van der Waals surface area contributed by atoms with Gasteiger partial charge in [-0.05, 0) is 56.0 Å². The zero-order valence-corrected chi connectivity index (χ0v) is 10.7. The van der Waals surface area contributed by atoms with E-state index in [9.17, 15) is 0 Å². The number of hydrogen-bond acceptors (Lipinski definition) is 4. The van der Waals surface area contributed by atoms with Crippen LogP contribution in [0.15, 0.2) is 36.5 Å². The molecule has 0 bridgehead atoms. The van der Waals surface area contributed by atoms with Gasteiger partial charge in [-0.1, -0.05) is 0 Å². The van der Waals surface area contributed by atoms with Crippen LogP contribution in [0.4, 0.5) is 5.95 Å². The van der Waals surface area contributed by atoms with Crippen LogP contribution in [0.1, 0.15) is 25.7 Å². The molecule has 1 heterocycles. The Morgan fingerprint density at radius 1 is 1.05 bits per heavy atom. The van der Waals surface area contributed by atoms with Crippen LogP contribution < -0.4 is 10.5 Å². The smallest absolute Gasteiger partial charge is 0.220 e. The molecule has 4 nitrogen and oxygen atoms in total. The molecule has 0 amide bonds. The molecule has 0 aliphatic heterocycles. The second kappa shape index (κ2) is 5.26. The van der Waals surface area contributed by atoms with E-state index < -0.39 is 0 Å². The lowest BCUT2D eigenvalue weighted by Gasteiger charge is -2.13. The number of aromatic nitrogens is 2. The van der Waals surface area contributed by atoms with Gasteiger partial charge in [-0.2, -0.15) is 0 Å². The average molecular weight is 255 g/mol. The van der Waals surface area contributed by atoms with Crippen molar-refractivity contribution >= 4 is 5.95 Å². The predicted octanol–water partition coefficient (Wildman–Crippen LogP) is 3.05. The molecule has 1 aliphatic carbocycles. The summed E-state index contributed by atoms with van der Waals surface area (Å²) < 4.78 is 5.93. The molecule has 0 unspecified atom stereocenters. The summed E-state index contributed by atoms with van der Waals surface area (Å²) in [6.45, 7) is 0. The van der Waals surface area contributed by atoms with Crippen molar-refractivity contribution in [2.45, 2.75) is 31.8 Å². The summed E-state index contributed by atoms with van der Waals surface area (Å²) in [4.78, 5) is 8.10. The Morgan fingerprint density at radius 3 is 2.47 bits per heavy atom. The van der Waals surface area contributed by atoms with E-state index in [1.807, 2.05) is 30.3 Å². The minimum Gasteiger partial charge on any atom is -0.490 e. The molecule has 1 aromatic heterocycles. The first-order valence-electron chi connectivity index (χ1n) is 6.67. The van der Waals surface area contributed by atoms with Crippen molar-refractivity contribution in [1.29, 1.82) is 0 Å². The predicted molar refractivity (Wildman–Crippen MR) is 74.8 cm³/mol. The number of ether oxygens (including phenoxy) is 1. The minimum atomic E-state index is 0.295. The molecular formula is C15H17N3O. The van der Waals surface area contributed by atoms with E-state index in [4.69, 9.17) is 10.5 Å². The van der Waals surface area contributed by atoms with Crippen molar-refractivity contribution in [2.75, 3.05) is 5.73 Å². The van der Waals surface area contributed by atoms with Crippen molar-refractivity contribution in [3.63, 3.8) is 0 Å². The molecule has 2 N–H and O–H groups in total.